The molecule has 1 saturated carbocycles. The molecule has 4 N–H and O–H groups in total. The Hall–Kier alpha value is -3.22. The van der Waals surface area contributed by atoms with Crippen LogP contribution in [0.2, 0.25) is 0 Å². The molecule has 2 aliphatic rings. The zero-order valence-corrected chi connectivity index (χ0v) is 16.1. The summed E-state index contributed by atoms with van der Waals surface area (Å²) in [5.41, 5.74) is 6.71. The van der Waals surface area contributed by atoms with Crippen molar-refractivity contribution < 1.29 is 19.1 Å². The number of carbonyl (C=O) groups excluding carboxylic acids is 2. The third-order valence-electron chi connectivity index (χ3n) is 5.34. The number of urea groups is 1. The van der Waals surface area contributed by atoms with Crippen LogP contribution in [0.25, 0.3) is 0 Å². The number of anilines is 1. The molecule has 2 aromatic rings. The van der Waals surface area contributed by atoms with E-state index in [0.29, 0.717) is 17.2 Å². The molecule has 0 unspecified atom stereocenters. The molecule has 0 bridgehead atoms. The molecule has 0 aromatic heterocycles. The number of amides is 3. The summed E-state index contributed by atoms with van der Waals surface area (Å²) >= 11 is 0. The first kappa shape index (κ1) is 19.1. The standard InChI is InChI=1S/C22H25N3O4/c23-21(27)25-17(15-7-3-1-4-8-15)14-20(26)24-16-9-10-18-19(13-16)29-22(28-18)11-5-2-6-12-22/h1,3-4,7-10,13,17H,2,5-6,11-12,14H2,(H,24,26)(H3,23,25,27)/t17-/m1/s1. The number of hydrogen-bond donors (Lipinski definition) is 3. The Morgan fingerprint density at radius 3 is 2.45 bits per heavy atom. The summed E-state index contributed by atoms with van der Waals surface area (Å²) in [6, 6.07) is 13.5. The van der Waals surface area contributed by atoms with Crippen molar-refractivity contribution in [2.75, 3.05) is 5.32 Å². The molecule has 4 rings (SSSR count). The highest BCUT2D eigenvalue weighted by Gasteiger charge is 2.42. The van der Waals surface area contributed by atoms with E-state index in [4.69, 9.17) is 15.2 Å². The number of ether oxygens (including phenoxy) is 2. The lowest BCUT2D eigenvalue weighted by Crippen LogP contribution is -2.40. The van der Waals surface area contributed by atoms with Crippen LogP contribution in [0.1, 0.15) is 50.1 Å². The molecule has 2 aromatic carbocycles. The zero-order valence-electron chi connectivity index (χ0n) is 16.1. The Kier molecular flexibility index (Phi) is 5.29. The van der Waals surface area contributed by atoms with Gasteiger partial charge in [0.25, 0.3) is 5.79 Å². The third-order valence-corrected chi connectivity index (χ3v) is 5.34. The largest absolute Gasteiger partial charge is 0.448 e. The predicted octanol–water partition coefficient (Wildman–Crippen LogP) is 3.86. The molecule has 1 aliphatic carbocycles. The minimum absolute atomic E-state index is 0.0608. The number of hydrogen-bond acceptors (Lipinski definition) is 4. The van der Waals surface area contributed by atoms with Crippen molar-refractivity contribution in [2.45, 2.75) is 50.4 Å². The monoisotopic (exact) mass is 395 g/mol. The van der Waals surface area contributed by atoms with E-state index in [2.05, 4.69) is 10.6 Å². The van der Waals surface area contributed by atoms with Gasteiger partial charge in [-0.3, -0.25) is 4.79 Å². The van der Waals surface area contributed by atoms with Crippen molar-refractivity contribution in [3.8, 4) is 11.5 Å². The van der Waals surface area contributed by atoms with Crippen LogP contribution in [0.5, 0.6) is 11.5 Å². The van der Waals surface area contributed by atoms with Gasteiger partial charge in [0, 0.05) is 24.6 Å². The Labute approximate surface area is 169 Å². The summed E-state index contributed by atoms with van der Waals surface area (Å²) in [5.74, 6) is 0.577. The topological polar surface area (TPSA) is 103 Å². The molecular weight excluding hydrogens is 370 g/mol. The van der Waals surface area contributed by atoms with Crippen LogP contribution in [0.3, 0.4) is 0 Å². The molecule has 1 aliphatic heterocycles. The fraction of sp³-hybridized carbons (Fsp3) is 0.364. The quantitative estimate of drug-likeness (QED) is 0.715. The molecule has 0 saturated heterocycles. The highest BCUT2D eigenvalue weighted by atomic mass is 16.7. The van der Waals surface area contributed by atoms with Gasteiger partial charge in [0.15, 0.2) is 11.5 Å². The Balaban J connectivity index is 1.42. The number of benzene rings is 2. The summed E-state index contributed by atoms with van der Waals surface area (Å²) in [4.78, 5) is 23.9. The first-order valence-electron chi connectivity index (χ1n) is 9.96. The maximum Gasteiger partial charge on any atom is 0.312 e. The number of fused-ring (bicyclic) bond motifs is 1. The zero-order chi connectivity index (χ0) is 20.3. The molecule has 1 atom stereocenters. The van der Waals surface area contributed by atoms with Crippen molar-refractivity contribution in [1.29, 1.82) is 0 Å². The van der Waals surface area contributed by atoms with E-state index in [0.717, 1.165) is 31.2 Å². The lowest BCUT2D eigenvalue weighted by atomic mass is 9.94. The molecule has 1 spiro atoms. The summed E-state index contributed by atoms with van der Waals surface area (Å²) in [6.45, 7) is 0. The smallest absolute Gasteiger partial charge is 0.312 e. The average molecular weight is 395 g/mol. The van der Waals surface area contributed by atoms with Crippen molar-refractivity contribution >= 4 is 17.6 Å². The Morgan fingerprint density at radius 2 is 1.72 bits per heavy atom. The summed E-state index contributed by atoms with van der Waals surface area (Å²) in [7, 11) is 0. The number of nitrogens with two attached hydrogens (primary N) is 1. The van der Waals surface area contributed by atoms with Crippen molar-refractivity contribution in [3.05, 3.63) is 54.1 Å². The summed E-state index contributed by atoms with van der Waals surface area (Å²) in [5, 5.41) is 5.50. The van der Waals surface area contributed by atoms with E-state index in [1.165, 1.54) is 6.42 Å². The lowest BCUT2D eigenvalue weighted by molar-refractivity contribution is -0.116. The summed E-state index contributed by atoms with van der Waals surface area (Å²) in [6.07, 6.45) is 5.19. The molecule has 7 heteroatoms. The number of carbonyl (C=O) groups is 2. The minimum Gasteiger partial charge on any atom is -0.448 e. The lowest BCUT2D eigenvalue weighted by Gasteiger charge is -2.31. The van der Waals surface area contributed by atoms with Gasteiger partial charge in [0.05, 0.1) is 12.5 Å². The van der Waals surface area contributed by atoms with Gasteiger partial charge in [-0.15, -0.1) is 0 Å². The third kappa shape index (κ3) is 4.45. The van der Waals surface area contributed by atoms with Gasteiger partial charge in [-0.1, -0.05) is 36.8 Å². The van der Waals surface area contributed by atoms with Crippen LogP contribution in [-0.4, -0.2) is 17.7 Å². The van der Waals surface area contributed by atoms with Crippen LogP contribution in [0, 0.1) is 0 Å². The van der Waals surface area contributed by atoms with Crippen molar-refractivity contribution in [2.24, 2.45) is 5.73 Å². The van der Waals surface area contributed by atoms with Crippen LogP contribution in [0.4, 0.5) is 10.5 Å². The molecule has 0 radical (unpaired) electrons. The van der Waals surface area contributed by atoms with E-state index in [1.807, 2.05) is 36.4 Å². The van der Waals surface area contributed by atoms with Gasteiger partial charge >= 0.3 is 6.03 Å². The van der Waals surface area contributed by atoms with Crippen LogP contribution >= 0.6 is 0 Å². The maximum atomic E-state index is 12.6. The van der Waals surface area contributed by atoms with E-state index >= 15 is 0 Å². The number of nitrogens with one attached hydrogen (secondary N) is 2. The van der Waals surface area contributed by atoms with E-state index < -0.39 is 17.9 Å². The van der Waals surface area contributed by atoms with E-state index in [1.54, 1.807) is 12.1 Å². The summed E-state index contributed by atoms with van der Waals surface area (Å²) < 4.78 is 12.2. The average Bonchev–Trinajstić information content (AvgIpc) is 3.04. The van der Waals surface area contributed by atoms with Gasteiger partial charge in [-0.25, -0.2) is 4.79 Å². The molecule has 3 amide bonds. The van der Waals surface area contributed by atoms with E-state index in [9.17, 15) is 9.59 Å². The minimum atomic E-state index is -0.674. The van der Waals surface area contributed by atoms with E-state index in [-0.39, 0.29) is 12.3 Å². The number of primary amides is 1. The molecule has 1 fully saturated rings. The number of rotatable bonds is 5. The molecule has 1 heterocycles. The SMILES string of the molecule is NC(=O)N[C@H](CC(=O)Nc1ccc2c(c1)OC1(CCCCC1)O2)c1ccccc1. The van der Waals surface area contributed by atoms with Gasteiger partial charge in [0.2, 0.25) is 5.91 Å². The van der Waals surface area contributed by atoms with Gasteiger partial charge in [0.1, 0.15) is 0 Å². The molecule has 152 valence electrons. The van der Waals surface area contributed by atoms with Gasteiger partial charge in [-0.05, 0) is 30.5 Å². The second-order valence-corrected chi connectivity index (χ2v) is 7.56. The highest BCUT2D eigenvalue weighted by Crippen LogP contribution is 2.46. The fourth-order valence-electron chi connectivity index (χ4n) is 3.97. The Morgan fingerprint density at radius 1 is 1.00 bits per heavy atom. The molecule has 7 nitrogen and oxygen atoms in total. The molecular formula is C22H25N3O4. The maximum absolute atomic E-state index is 12.6. The van der Waals surface area contributed by atoms with Crippen LogP contribution in [0.15, 0.2) is 48.5 Å². The van der Waals surface area contributed by atoms with Gasteiger partial charge < -0.3 is 25.8 Å². The van der Waals surface area contributed by atoms with Crippen molar-refractivity contribution in [3.63, 3.8) is 0 Å². The highest BCUT2D eigenvalue weighted by molar-refractivity contribution is 5.92. The fourth-order valence-corrected chi connectivity index (χ4v) is 3.97. The molecule has 29 heavy (non-hydrogen) atoms. The Bertz CT molecular complexity index is 894. The predicted molar refractivity (Wildman–Crippen MR) is 109 cm³/mol. The van der Waals surface area contributed by atoms with Gasteiger partial charge in [-0.2, -0.15) is 0 Å². The first-order chi connectivity index (χ1) is 14.0. The first-order valence-corrected chi connectivity index (χ1v) is 9.96. The van der Waals surface area contributed by atoms with Crippen LogP contribution < -0.4 is 25.8 Å². The normalized spacial score (nSPS) is 17.5. The van der Waals surface area contributed by atoms with Crippen molar-refractivity contribution in [1.82, 2.24) is 5.32 Å². The second-order valence-electron chi connectivity index (χ2n) is 7.56. The van der Waals surface area contributed by atoms with Crippen LogP contribution in [-0.2, 0) is 4.79 Å². The second kappa shape index (κ2) is 8.03.